The fourth-order valence-corrected chi connectivity index (χ4v) is 1.94. The summed E-state index contributed by atoms with van der Waals surface area (Å²) in [6, 6.07) is 3.44. The van der Waals surface area contributed by atoms with Crippen LogP contribution in [0.15, 0.2) is 12.1 Å². The van der Waals surface area contributed by atoms with E-state index in [1.807, 2.05) is 6.92 Å². The van der Waals surface area contributed by atoms with Crippen molar-refractivity contribution < 1.29 is 4.92 Å². The number of anilines is 1. The van der Waals surface area contributed by atoms with Crippen molar-refractivity contribution >= 4 is 23.0 Å². The Morgan fingerprint density at radius 1 is 1.44 bits per heavy atom. The second-order valence-electron chi connectivity index (χ2n) is 4.69. The number of hydrogen-bond donors (Lipinski definition) is 1. The Kier molecular flexibility index (Phi) is 4.96. The number of nitrogens with one attached hydrogen (secondary N) is 1. The van der Waals surface area contributed by atoms with E-state index >= 15 is 0 Å². The van der Waals surface area contributed by atoms with Crippen molar-refractivity contribution in [2.75, 3.05) is 5.32 Å². The van der Waals surface area contributed by atoms with Crippen molar-refractivity contribution in [2.24, 2.45) is 5.92 Å². The number of rotatable bonds is 5. The molecule has 1 N–H and O–H groups in total. The van der Waals surface area contributed by atoms with Gasteiger partial charge in [-0.1, -0.05) is 31.9 Å². The van der Waals surface area contributed by atoms with Gasteiger partial charge in [-0.3, -0.25) is 10.1 Å². The first-order valence-electron chi connectivity index (χ1n) is 6.07. The number of hydrogen-bond acceptors (Lipinski definition) is 3. The number of halogens is 1. The number of benzene rings is 1. The topological polar surface area (TPSA) is 55.2 Å². The molecule has 0 aliphatic rings. The highest BCUT2D eigenvalue weighted by Crippen LogP contribution is 2.31. The molecule has 1 aromatic carbocycles. The van der Waals surface area contributed by atoms with Crippen LogP contribution in [-0.2, 0) is 0 Å². The normalized spacial score (nSPS) is 14.1. The molecule has 0 aliphatic carbocycles. The molecule has 100 valence electrons. The highest BCUT2D eigenvalue weighted by molar-refractivity contribution is 6.33. The van der Waals surface area contributed by atoms with Crippen molar-refractivity contribution in [2.45, 2.75) is 40.2 Å². The van der Waals surface area contributed by atoms with Gasteiger partial charge in [0.15, 0.2) is 0 Å². The molecule has 5 heteroatoms. The zero-order valence-corrected chi connectivity index (χ0v) is 11.9. The highest BCUT2D eigenvalue weighted by atomic mass is 35.5. The molecular weight excluding hydrogens is 252 g/mol. The van der Waals surface area contributed by atoms with E-state index in [-0.39, 0.29) is 10.7 Å². The summed E-state index contributed by atoms with van der Waals surface area (Å²) in [6.07, 6.45) is 1.08. The molecule has 2 unspecified atom stereocenters. The fourth-order valence-electron chi connectivity index (χ4n) is 1.70. The van der Waals surface area contributed by atoms with E-state index in [4.69, 9.17) is 11.6 Å². The Hall–Kier alpha value is -1.29. The van der Waals surface area contributed by atoms with E-state index < -0.39 is 4.92 Å². The molecule has 0 saturated carbocycles. The standard InChI is InChI=1S/C13H19ClN2O2/c1-5-8(2)10(4)15-12-7-11(14)13(16(17)18)6-9(12)3/h6-8,10,15H,5H2,1-4H3. The average molecular weight is 271 g/mol. The molecule has 0 amide bonds. The molecular formula is C13H19ClN2O2. The first-order valence-corrected chi connectivity index (χ1v) is 6.45. The lowest BCUT2D eigenvalue weighted by Crippen LogP contribution is -2.23. The molecule has 4 nitrogen and oxygen atoms in total. The van der Waals surface area contributed by atoms with Crippen LogP contribution in [0.1, 0.15) is 32.8 Å². The maximum Gasteiger partial charge on any atom is 0.288 e. The van der Waals surface area contributed by atoms with Crippen molar-refractivity contribution in [1.82, 2.24) is 0 Å². The lowest BCUT2D eigenvalue weighted by atomic mass is 10.00. The Bertz CT molecular complexity index is 449. The van der Waals surface area contributed by atoms with Crippen LogP contribution in [0.4, 0.5) is 11.4 Å². The van der Waals surface area contributed by atoms with Gasteiger partial charge in [0.25, 0.3) is 5.69 Å². The predicted octanol–water partition coefficient (Wildman–Crippen LogP) is 4.40. The second kappa shape index (κ2) is 6.05. The van der Waals surface area contributed by atoms with Crippen LogP contribution in [-0.4, -0.2) is 11.0 Å². The molecule has 1 aromatic rings. The molecule has 2 atom stereocenters. The maximum absolute atomic E-state index is 10.8. The monoisotopic (exact) mass is 270 g/mol. The van der Waals surface area contributed by atoms with Gasteiger partial charge in [-0.15, -0.1) is 0 Å². The largest absolute Gasteiger partial charge is 0.382 e. The Morgan fingerprint density at radius 3 is 2.56 bits per heavy atom. The fraction of sp³-hybridized carbons (Fsp3) is 0.538. The molecule has 0 aromatic heterocycles. The first kappa shape index (κ1) is 14.8. The minimum atomic E-state index is -0.461. The highest BCUT2D eigenvalue weighted by Gasteiger charge is 2.17. The summed E-state index contributed by atoms with van der Waals surface area (Å²) in [5.74, 6) is 0.526. The van der Waals surface area contributed by atoms with Gasteiger partial charge in [0.05, 0.1) is 4.92 Å². The van der Waals surface area contributed by atoms with Gasteiger partial charge in [-0.25, -0.2) is 0 Å². The van der Waals surface area contributed by atoms with E-state index in [1.54, 1.807) is 6.07 Å². The van der Waals surface area contributed by atoms with Gasteiger partial charge in [0, 0.05) is 17.8 Å². The summed E-state index contributed by atoms with van der Waals surface area (Å²) in [4.78, 5) is 10.3. The Labute approximate surface area is 112 Å². The molecule has 1 rings (SSSR count). The van der Waals surface area contributed by atoms with Crippen LogP contribution < -0.4 is 5.32 Å². The van der Waals surface area contributed by atoms with E-state index in [0.29, 0.717) is 12.0 Å². The summed E-state index contributed by atoms with van der Waals surface area (Å²) >= 11 is 5.91. The third-order valence-corrected chi connectivity index (χ3v) is 3.67. The van der Waals surface area contributed by atoms with Crippen LogP contribution in [0.5, 0.6) is 0 Å². The first-order chi connectivity index (χ1) is 8.36. The zero-order valence-electron chi connectivity index (χ0n) is 11.2. The van der Waals surface area contributed by atoms with E-state index in [0.717, 1.165) is 17.7 Å². The van der Waals surface area contributed by atoms with E-state index in [1.165, 1.54) is 6.07 Å². The number of nitrogens with zero attached hydrogens (tertiary/aromatic N) is 1. The van der Waals surface area contributed by atoms with Crippen molar-refractivity contribution in [3.8, 4) is 0 Å². The van der Waals surface area contributed by atoms with Gasteiger partial charge in [0.1, 0.15) is 5.02 Å². The van der Waals surface area contributed by atoms with Gasteiger partial charge < -0.3 is 5.32 Å². The molecule has 0 spiro atoms. The SMILES string of the molecule is CCC(C)C(C)Nc1cc(Cl)c([N+](=O)[O-])cc1C. The van der Waals surface area contributed by atoms with Crippen LogP contribution >= 0.6 is 11.6 Å². The smallest absolute Gasteiger partial charge is 0.288 e. The van der Waals surface area contributed by atoms with Gasteiger partial charge in [0.2, 0.25) is 0 Å². The maximum atomic E-state index is 10.8. The van der Waals surface area contributed by atoms with Crippen molar-refractivity contribution in [3.05, 3.63) is 32.8 Å². The summed E-state index contributed by atoms with van der Waals surface area (Å²) in [5, 5.41) is 14.3. The predicted molar refractivity (Wildman–Crippen MR) is 75.4 cm³/mol. The van der Waals surface area contributed by atoms with Crippen LogP contribution in [0.3, 0.4) is 0 Å². The third kappa shape index (κ3) is 3.35. The lowest BCUT2D eigenvalue weighted by molar-refractivity contribution is -0.384. The second-order valence-corrected chi connectivity index (χ2v) is 5.10. The summed E-state index contributed by atoms with van der Waals surface area (Å²) in [5.41, 5.74) is 1.65. The van der Waals surface area contributed by atoms with Gasteiger partial charge >= 0.3 is 0 Å². The summed E-state index contributed by atoms with van der Waals surface area (Å²) < 4.78 is 0. The van der Waals surface area contributed by atoms with Gasteiger partial charge in [-0.2, -0.15) is 0 Å². The summed E-state index contributed by atoms with van der Waals surface area (Å²) in [7, 11) is 0. The van der Waals surface area contributed by atoms with Gasteiger partial charge in [-0.05, 0) is 31.4 Å². The minimum absolute atomic E-state index is 0.0455. The van der Waals surface area contributed by atoms with Crippen molar-refractivity contribution in [3.63, 3.8) is 0 Å². The number of nitro benzene ring substituents is 1. The number of aryl methyl sites for hydroxylation is 1. The van der Waals surface area contributed by atoms with E-state index in [2.05, 4.69) is 26.1 Å². The third-order valence-electron chi connectivity index (χ3n) is 3.37. The molecule has 0 aliphatic heterocycles. The molecule has 0 fully saturated rings. The molecule has 0 saturated heterocycles. The summed E-state index contributed by atoms with van der Waals surface area (Å²) in [6.45, 7) is 8.25. The minimum Gasteiger partial charge on any atom is -0.382 e. The Balaban J connectivity index is 2.98. The molecule has 18 heavy (non-hydrogen) atoms. The Morgan fingerprint density at radius 2 is 2.06 bits per heavy atom. The van der Waals surface area contributed by atoms with Crippen LogP contribution in [0, 0.1) is 23.0 Å². The quantitative estimate of drug-likeness (QED) is 0.637. The van der Waals surface area contributed by atoms with Crippen LogP contribution in [0.2, 0.25) is 5.02 Å². The number of nitro groups is 1. The zero-order chi connectivity index (χ0) is 13.9. The lowest BCUT2D eigenvalue weighted by Gasteiger charge is -2.22. The molecule has 0 heterocycles. The molecule has 0 radical (unpaired) electrons. The van der Waals surface area contributed by atoms with E-state index in [9.17, 15) is 10.1 Å². The molecule has 0 bridgehead atoms. The van der Waals surface area contributed by atoms with Crippen LogP contribution in [0.25, 0.3) is 0 Å². The average Bonchev–Trinajstić information content (AvgIpc) is 2.31. The van der Waals surface area contributed by atoms with Crippen molar-refractivity contribution in [1.29, 1.82) is 0 Å².